The average molecular weight is 355 g/mol. The minimum absolute atomic E-state index is 0.0774. The van der Waals surface area contributed by atoms with E-state index < -0.39 is 5.82 Å². The molecule has 1 aromatic carbocycles. The van der Waals surface area contributed by atoms with Gasteiger partial charge in [0.1, 0.15) is 6.07 Å². The van der Waals surface area contributed by atoms with Gasteiger partial charge >= 0.3 is 0 Å². The Morgan fingerprint density at radius 2 is 1.89 bits per heavy atom. The third-order valence-electron chi connectivity index (χ3n) is 2.29. The molecule has 0 saturated carbocycles. The number of halogens is 2. The molecule has 0 saturated heterocycles. The molecule has 88 valence electrons. The largest absolute Gasteiger partial charge is 0.431 e. The van der Waals surface area contributed by atoms with Gasteiger partial charge in [0.15, 0.2) is 11.6 Å². The van der Waals surface area contributed by atoms with Gasteiger partial charge in [0.2, 0.25) is 5.75 Å². The lowest BCUT2D eigenvalue weighted by Crippen LogP contribution is -2.06. The number of aromatic nitrogens is 2. The minimum atomic E-state index is -0.638. The van der Waals surface area contributed by atoms with Crippen molar-refractivity contribution in [3.05, 3.63) is 33.4 Å². The molecule has 2 heterocycles. The van der Waals surface area contributed by atoms with Crippen molar-refractivity contribution >= 4 is 22.6 Å². The van der Waals surface area contributed by atoms with E-state index in [0.717, 1.165) is 0 Å². The first-order valence-corrected chi connectivity index (χ1v) is 5.87. The fourth-order valence-electron chi connectivity index (χ4n) is 1.49. The van der Waals surface area contributed by atoms with Gasteiger partial charge in [-0.1, -0.05) is 0 Å². The Hall–Kier alpha value is -1.95. The summed E-state index contributed by atoms with van der Waals surface area (Å²) in [7, 11) is 0. The summed E-state index contributed by atoms with van der Waals surface area (Å²) in [5.41, 5.74) is 0.183. The maximum atomic E-state index is 14.0. The number of ether oxygens (including phenoxy) is 2. The molecule has 0 fully saturated rings. The van der Waals surface area contributed by atoms with Crippen LogP contribution in [0.5, 0.6) is 23.3 Å². The first-order valence-electron chi connectivity index (χ1n) is 4.79. The summed E-state index contributed by atoms with van der Waals surface area (Å²) in [6.45, 7) is 0. The van der Waals surface area contributed by atoms with Crippen molar-refractivity contribution in [2.45, 2.75) is 0 Å². The van der Waals surface area contributed by atoms with Crippen LogP contribution in [0.3, 0.4) is 0 Å². The van der Waals surface area contributed by atoms with Gasteiger partial charge in [-0.3, -0.25) is 0 Å². The number of benzene rings is 1. The van der Waals surface area contributed by atoms with Crippen molar-refractivity contribution < 1.29 is 13.9 Å². The molecule has 1 aromatic heterocycles. The number of rotatable bonds is 0. The second-order valence-electron chi connectivity index (χ2n) is 3.36. The van der Waals surface area contributed by atoms with Gasteiger partial charge < -0.3 is 9.47 Å². The smallest absolute Gasteiger partial charge is 0.284 e. The van der Waals surface area contributed by atoms with E-state index in [1.165, 1.54) is 18.5 Å². The number of nitriles is 1. The third-order valence-corrected chi connectivity index (χ3v) is 3.34. The molecule has 7 heteroatoms. The molecular formula is C11H3FIN3O2. The maximum Gasteiger partial charge on any atom is 0.284 e. The van der Waals surface area contributed by atoms with Crippen LogP contribution in [0, 0.1) is 20.7 Å². The molecule has 0 unspecified atom stereocenters. The fourth-order valence-corrected chi connectivity index (χ4v) is 2.01. The predicted molar refractivity (Wildman–Crippen MR) is 66.0 cm³/mol. The molecule has 1 aliphatic rings. The van der Waals surface area contributed by atoms with Crippen LogP contribution in [0.1, 0.15) is 5.56 Å². The lowest BCUT2D eigenvalue weighted by atomic mass is 10.2. The van der Waals surface area contributed by atoms with Crippen LogP contribution >= 0.6 is 22.6 Å². The van der Waals surface area contributed by atoms with Crippen molar-refractivity contribution in [1.82, 2.24) is 9.97 Å². The molecule has 0 aliphatic carbocycles. The van der Waals surface area contributed by atoms with E-state index in [0.29, 0.717) is 0 Å². The molecule has 18 heavy (non-hydrogen) atoms. The molecule has 0 radical (unpaired) electrons. The molecule has 0 spiro atoms. The van der Waals surface area contributed by atoms with E-state index in [2.05, 4.69) is 9.97 Å². The van der Waals surface area contributed by atoms with Crippen molar-refractivity contribution in [2.75, 3.05) is 0 Å². The van der Waals surface area contributed by atoms with Crippen LogP contribution in [-0.4, -0.2) is 9.97 Å². The lowest BCUT2D eigenvalue weighted by Gasteiger charge is -2.19. The summed E-state index contributed by atoms with van der Waals surface area (Å²) >= 11 is 1.74. The van der Waals surface area contributed by atoms with E-state index in [9.17, 15) is 4.39 Å². The Morgan fingerprint density at radius 3 is 2.56 bits per heavy atom. The van der Waals surface area contributed by atoms with E-state index in [-0.39, 0.29) is 32.4 Å². The molecule has 2 aromatic rings. The van der Waals surface area contributed by atoms with Gasteiger partial charge in [-0.05, 0) is 22.6 Å². The van der Waals surface area contributed by atoms with Crippen LogP contribution in [0.15, 0.2) is 18.5 Å². The quantitative estimate of drug-likeness (QED) is 0.580. The molecule has 0 bridgehead atoms. The Bertz CT molecular complexity index is 699. The summed E-state index contributed by atoms with van der Waals surface area (Å²) in [4.78, 5) is 7.80. The van der Waals surface area contributed by atoms with Crippen LogP contribution in [-0.2, 0) is 0 Å². The molecule has 0 atom stereocenters. The third kappa shape index (κ3) is 1.57. The van der Waals surface area contributed by atoms with Crippen LogP contribution in [0.25, 0.3) is 0 Å². The first-order chi connectivity index (χ1) is 8.70. The van der Waals surface area contributed by atoms with Crippen LogP contribution < -0.4 is 9.47 Å². The van der Waals surface area contributed by atoms with E-state index >= 15 is 0 Å². The van der Waals surface area contributed by atoms with E-state index in [1.54, 1.807) is 22.6 Å². The summed E-state index contributed by atoms with van der Waals surface area (Å²) in [5.74, 6) is -0.344. The molecule has 0 amide bonds. The molecule has 1 aliphatic heterocycles. The summed E-state index contributed by atoms with van der Waals surface area (Å²) in [6.07, 6.45) is 2.85. The van der Waals surface area contributed by atoms with Gasteiger partial charge in [0, 0.05) is 18.5 Å². The minimum Gasteiger partial charge on any atom is -0.431 e. The zero-order chi connectivity index (χ0) is 12.7. The number of nitrogens with zero attached hydrogens (tertiary/aromatic N) is 3. The second-order valence-corrected chi connectivity index (χ2v) is 4.44. The Labute approximate surface area is 114 Å². The highest BCUT2D eigenvalue weighted by Crippen LogP contribution is 2.45. The molecule has 3 rings (SSSR count). The van der Waals surface area contributed by atoms with E-state index in [4.69, 9.17) is 14.7 Å². The molecule has 5 nitrogen and oxygen atoms in total. The number of hydrogen-bond donors (Lipinski definition) is 0. The Kier molecular flexibility index (Phi) is 2.52. The highest BCUT2D eigenvalue weighted by atomic mass is 127. The monoisotopic (exact) mass is 355 g/mol. The zero-order valence-electron chi connectivity index (χ0n) is 8.65. The van der Waals surface area contributed by atoms with Crippen molar-refractivity contribution in [3.8, 4) is 29.3 Å². The van der Waals surface area contributed by atoms with Gasteiger partial charge in [-0.15, -0.1) is 0 Å². The molecular weight excluding hydrogens is 352 g/mol. The average Bonchev–Trinajstić information content (AvgIpc) is 2.41. The van der Waals surface area contributed by atoms with Gasteiger partial charge in [-0.2, -0.15) is 5.26 Å². The lowest BCUT2D eigenvalue weighted by molar-refractivity contribution is 0.320. The second kappa shape index (κ2) is 4.06. The summed E-state index contributed by atoms with van der Waals surface area (Å²) < 4.78 is 24.9. The van der Waals surface area contributed by atoms with Gasteiger partial charge in [0.05, 0.1) is 9.13 Å². The van der Waals surface area contributed by atoms with E-state index in [1.807, 2.05) is 6.07 Å². The zero-order valence-corrected chi connectivity index (χ0v) is 10.8. The predicted octanol–water partition coefficient (Wildman–Crippen LogP) is 2.99. The van der Waals surface area contributed by atoms with Crippen molar-refractivity contribution in [2.24, 2.45) is 0 Å². The fraction of sp³-hybridized carbons (Fsp3) is 0. The maximum absolute atomic E-state index is 14.0. The van der Waals surface area contributed by atoms with Crippen molar-refractivity contribution in [1.29, 1.82) is 5.26 Å². The van der Waals surface area contributed by atoms with Crippen LogP contribution in [0.4, 0.5) is 4.39 Å². The van der Waals surface area contributed by atoms with Crippen molar-refractivity contribution in [3.63, 3.8) is 0 Å². The summed E-state index contributed by atoms with van der Waals surface area (Å²) in [5, 5.41) is 8.89. The number of fused-ring (bicyclic) bond motifs is 2. The topological polar surface area (TPSA) is 68.0 Å². The highest BCUT2D eigenvalue weighted by Gasteiger charge is 2.27. The summed E-state index contributed by atoms with van der Waals surface area (Å²) in [6, 6.07) is 3.31. The Balaban J connectivity index is 2.20. The normalized spacial score (nSPS) is 11.6. The standard InChI is InChI=1S/C11H3FIN3O2/c12-7-8(13)5(4-14)3-6-9(7)18-11-10(17-6)15-1-2-16-11/h1-3H. The van der Waals surface area contributed by atoms with Gasteiger partial charge in [0.25, 0.3) is 11.8 Å². The number of hydrogen-bond acceptors (Lipinski definition) is 5. The highest BCUT2D eigenvalue weighted by molar-refractivity contribution is 14.1. The van der Waals surface area contributed by atoms with Crippen LogP contribution in [0.2, 0.25) is 0 Å². The SMILES string of the molecule is N#Cc1cc2c(c(F)c1I)Oc1nccnc1O2. The first kappa shape index (κ1) is 11.2. The molecule has 0 N–H and O–H groups in total. The Morgan fingerprint density at radius 1 is 1.22 bits per heavy atom. The van der Waals surface area contributed by atoms with Gasteiger partial charge in [-0.25, -0.2) is 14.4 Å².